The van der Waals surface area contributed by atoms with Crippen LogP contribution in [0.2, 0.25) is 0 Å². The lowest BCUT2D eigenvalue weighted by molar-refractivity contribution is -0.185. The lowest BCUT2D eigenvalue weighted by atomic mass is 9.41. The number of alkyl carbamates (subject to hydrolysis) is 1. The zero-order valence-electron chi connectivity index (χ0n) is 31.8. The number of fused-ring (bicyclic) bond motifs is 4. The lowest BCUT2D eigenvalue weighted by Crippen LogP contribution is -2.60. The summed E-state index contributed by atoms with van der Waals surface area (Å²) in [5.41, 5.74) is -0.0676. The number of likely N-dealkylation sites (tertiary alicyclic amines) is 1. The summed E-state index contributed by atoms with van der Waals surface area (Å²) in [7, 11) is 0. The average Bonchev–Trinajstić information content (AvgIpc) is 3.66. The van der Waals surface area contributed by atoms with E-state index in [0.717, 1.165) is 70.9 Å². The van der Waals surface area contributed by atoms with Crippen molar-refractivity contribution in [3.63, 3.8) is 0 Å². The van der Waals surface area contributed by atoms with Crippen LogP contribution in [0.5, 0.6) is 0 Å². The molecule has 8 rings (SSSR count). The molecule has 2 saturated heterocycles. The number of ether oxygens (including phenoxy) is 3. The van der Waals surface area contributed by atoms with E-state index in [4.69, 9.17) is 14.2 Å². The number of nitrogens with zero attached hydrogens (tertiary/aromatic N) is 1. The number of rotatable bonds is 5. The third-order valence-electron chi connectivity index (χ3n) is 17.2. The second-order valence-electron chi connectivity index (χ2n) is 19.8. The molecule has 6 saturated carbocycles. The van der Waals surface area contributed by atoms with Crippen molar-refractivity contribution >= 4 is 18.0 Å². The molecule has 2 amide bonds. The Morgan fingerprint density at radius 2 is 1.68 bits per heavy atom. The van der Waals surface area contributed by atoms with Crippen molar-refractivity contribution in [3.05, 3.63) is 0 Å². The Kier molecular flexibility index (Phi) is 8.31. The molecule has 0 bridgehead atoms. The SMILES string of the molecule is CC(C)[C@@H](OC(=O)N1CCC1)[C@H]1C[C@@H](C)[C@H]2[C@H](O1)[C@H](O)[C@@]1(C)[C@@H]3CC[C@H]4C(C)(C)[C@@H](OC(=O)N[C@H]5CCCCC5=O)CC[C@@]45C[C@@]35CC[C@]21C. The summed E-state index contributed by atoms with van der Waals surface area (Å²) in [4.78, 5) is 40.3. The highest BCUT2D eigenvalue weighted by atomic mass is 16.6. The normalized spacial score (nSPS) is 49.3. The number of carbonyl (C=O) groups is 3. The Morgan fingerprint density at radius 1 is 0.960 bits per heavy atom. The topological polar surface area (TPSA) is 114 Å². The summed E-state index contributed by atoms with van der Waals surface area (Å²) in [5, 5.41) is 15.6. The van der Waals surface area contributed by atoms with Gasteiger partial charge in [-0.2, -0.15) is 0 Å². The predicted molar refractivity (Wildman–Crippen MR) is 188 cm³/mol. The summed E-state index contributed by atoms with van der Waals surface area (Å²) < 4.78 is 19.4. The number of nitrogens with one attached hydrogen (secondary N) is 1. The molecular weight excluding hydrogens is 632 g/mol. The number of carbonyl (C=O) groups excluding carboxylic acids is 3. The minimum Gasteiger partial charge on any atom is -0.446 e. The lowest BCUT2D eigenvalue weighted by Gasteiger charge is -2.63. The number of hydrogen-bond donors (Lipinski definition) is 2. The Bertz CT molecular complexity index is 1400. The monoisotopic (exact) mass is 696 g/mol. The van der Waals surface area contributed by atoms with Crippen molar-refractivity contribution in [1.82, 2.24) is 10.2 Å². The largest absolute Gasteiger partial charge is 0.446 e. The molecule has 0 aromatic rings. The fourth-order valence-corrected chi connectivity index (χ4v) is 14.5. The molecule has 280 valence electrons. The van der Waals surface area contributed by atoms with E-state index in [1.165, 1.54) is 12.8 Å². The molecule has 9 nitrogen and oxygen atoms in total. The van der Waals surface area contributed by atoms with Crippen molar-refractivity contribution in [2.45, 2.75) is 168 Å². The van der Waals surface area contributed by atoms with E-state index in [1.807, 2.05) is 0 Å². The van der Waals surface area contributed by atoms with Crippen molar-refractivity contribution in [2.24, 2.45) is 56.7 Å². The first kappa shape index (κ1) is 35.2. The number of amides is 2. The Morgan fingerprint density at radius 3 is 2.36 bits per heavy atom. The number of ketones is 1. The first-order chi connectivity index (χ1) is 23.6. The van der Waals surface area contributed by atoms with Crippen LogP contribution in [0, 0.1) is 56.7 Å². The molecule has 0 aromatic heterocycles. The van der Waals surface area contributed by atoms with Gasteiger partial charge in [-0.05, 0) is 116 Å². The third-order valence-corrected chi connectivity index (χ3v) is 17.2. The Labute approximate surface area is 299 Å². The fraction of sp³-hybridized carbons (Fsp3) is 0.927. The molecule has 14 atom stereocenters. The highest BCUT2D eigenvalue weighted by molar-refractivity contribution is 5.87. The highest BCUT2D eigenvalue weighted by Crippen LogP contribution is 2.89. The molecule has 8 fully saturated rings. The molecule has 0 aromatic carbocycles. The highest BCUT2D eigenvalue weighted by Gasteiger charge is 2.84. The van der Waals surface area contributed by atoms with Crippen LogP contribution in [0.15, 0.2) is 0 Å². The molecule has 8 aliphatic rings. The number of Topliss-reactive ketones (excluding diaryl/α,β-unsaturated/α-hetero) is 1. The number of aliphatic hydroxyl groups is 1. The predicted octanol–water partition coefficient (Wildman–Crippen LogP) is 7.27. The summed E-state index contributed by atoms with van der Waals surface area (Å²) >= 11 is 0. The van der Waals surface area contributed by atoms with Gasteiger partial charge >= 0.3 is 12.2 Å². The Hall–Kier alpha value is -1.87. The molecule has 0 radical (unpaired) electrons. The van der Waals surface area contributed by atoms with E-state index in [2.05, 4.69) is 53.8 Å². The van der Waals surface area contributed by atoms with Gasteiger partial charge in [0.1, 0.15) is 12.2 Å². The van der Waals surface area contributed by atoms with E-state index in [-0.39, 0.29) is 75.2 Å². The molecule has 50 heavy (non-hydrogen) atoms. The third kappa shape index (κ3) is 4.72. The summed E-state index contributed by atoms with van der Waals surface area (Å²) in [5.74, 6) is 1.73. The maximum atomic E-state index is 13.1. The Balaban J connectivity index is 1.00. The van der Waals surface area contributed by atoms with Gasteiger partial charge in [-0.1, -0.05) is 54.9 Å². The molecule has 6 aliphatic carbocycles. The first-order valence-corrected chi connectivity index (χ1v) is 20.4. The van der Waals surface area contributed by atoms with Crippen LogP contribution < -0.4 is 5.32 Å². The van der Waals surface area contributed by atoms with E-state index in [0.29, 0.717) is 30.6 Å². The van der Waals surface area contributed by atoms with Gasteiger partial charge in [0, 0.05) is 30.3 Å². The van der Waals surface area contributed by atoms with Gasteiger partial charge in [0.15, 0.2) is 5.78 Å². The number of hydrogen-bond acceptors (Lipinski definition) is 7. The second-order valence-corrected chi connectivity index (χ2v) is 19.8. The maximum absolute atomic E-state index is 13.1. The van der Waals surface area contributed by atoms with Gasteiger partial charge in [0.25, 0.3) is 0 Å². The van der Waals surface area contributed by atoms with Crippen molar-refractivity contribution in [2.75, 3.05) is 13.1 Å². The molecule has 2 heterocycles. The molecular formula is C41H64N2O7. The zero-order chi connectivity index (χ0) is 35.6. The zero-order valence-corrected chi connectivity index (χ0v) is 31.8. The van der Waals surface area contributed by atoms with Gasteiger partial charge in [-0.25, -0.2) is 9.59 Å². The van der Waals surface area contributed by atoms with E-state index >= 15 is 0 Å². The van der Waals surface area contributed by atoms with Crippen molar-refractivity contribution in [3.8, 4) is 0 Å². The van der Waals surface area contributed by atoms with Gasteiger partial charge in [-0.15, -0.1) is 0 Å². The van der Waals surface area contributed by atoms with Gasteiger partial charge in [-0.3, -0.25) is 4.79 Å². The average molecular weight is 697 g/mol. The van der Waals surface area contributed by atoms with E-state index in [1.54, 1.807) is 4.90 Å². The van der Waals surface area contributed by atoms with E-state index < -0.39 is 18.2 Å². The van der Waals surface area contributed by atoms with Gasteiger partial charge < -0.3 is 29.5 Å². The summed E-state index contributed by atoms with van der Waals surface area (Å²) in [6, 6.07) is -0.408. The van der Waals surface area contributed by atoms with Crippen LogP contribution in [-0.2, 0) is 19.0 Å². The smallest absolute Gasteiger partial charge is 0.410 e. The molecule has 2 spiro atoms. The van der Waals surface area contributed by atoms with Crippen LogP contribution in [0.25, 0.3) is 0 Å². The molecule has 2 N–H and O–H groups in total. The van der Waals surface area contributed by atoms with Gasteiger partial charge in [0.2, 0.25) is 0 Å². The summed E-state index contributed by atoms with van der Waals surface area (Å²) in [6.45, 7) is 17.6. The fourth-order valence-electron chi connectivity index (χ4n) is 14.5. The van der Waals surface area contributed by atoms with Crippen molar-refractivity contribution in [1.29, 1.82) is 0 Å². The van der Waals surface area contributed by atoms with Crippen LogP contribution in [0.3, 0.4) is 0 Å². The van der Waals surface area contributed by atoms with Crippen molar-refractivity contribution < 1.29 is 33.7 Å². The molecule has 2 aliphatic heterocycles. The van der Waals surface area contributed by atoms with Crippen LogP contribution in [0.4, 0.5) is 9.59 Å². The summed E-state index contributed by atoms with van der Waals surface area (Å²) in [6.07, 6.45) is 10.3. The van der Waals surface area contributed by atoms with Crippen LogP contribution in [-0.4, -0.2) is 77.6 Å². The standard InChI is InChI=1S/C41H64N2O7/c1-23(2)32(50-36(47)43-19-10-20-43)27-21-24(3)31-33(48-27)34(45)39(7)29-14-13-28-37(4,5)30(49-35(46)42-25-11-8-9-12-26(25)44)15-16-40(28)22-41(29,40)18-17-38(31,39)6/h23-25,27-34,45H,8-22H2,1-7H3,(H,42,46)/t24-,25+,27-,28+,29+,30+,31+,32-,33+,34+,38-,39-,40-,41+/m1/s1. The minimum atomic E-state index is -0.572. The van der Waals surface area contributed by atoms with Gasteiger partial charge in [0.05, 0.1) is 24.4 Å². The maximum Gasteiger partial charge on any atom is 0.410 e. The minimum absolute atomic E-state index is 0.0416. The van der Waals surface area contributed by atoms with Crippen LogP contribution in [0.1, 0.15) is 132 Å². The molecule has 9 heteroatoms. The second kappa shape index (κ2) is 11.8. The van der Waals surface area contributed by atoms with Crippen LogP contribution >= 0.6 is 0 Å². The van der Waals surface area contributed by atoms with E-state index in [9.17, 15) is 19.5 Å². The molecule has 0 unspecified atom stereocenters. The number of aliphatic hydroxyl groups excluding tert-OH is 1. The quantitative estimate of drug-likeness (QED) is 0.311. The first-order valence-electron chi connectivity index (χ1n) is 20.4.